The van der Waals surface area contributed by atoms with Crippen LogP contribution in [0.15, 0.2) is 97.1 Å². The Morgan fingerprint density at radius 1 is 0.929 bits per heavy atom. The fourth-order valence-corrected chi connectivity index (χ4v) is 4.14. The lowest BCUT2D eigenvalue weighted by Gasteiger charge is -2.10. The molecular weight excluding hydrogens is 552 g/mol. The number of aromatic nitrogens is 3. The number of carbonyl (C=O) groups is 1. The van der Waals surface area contributed by atoms with Gasteiger partial charge in [0.2, 0.25) is 0 Å². The molecule has 0 fully saturated rings. The summed E-state index contributed by atoms with van der Waals surface area (Å²) < 4.78 is 66.6. The van der Waals surface area contributed by atoms with Gasteiger partial charge in [-0.1, -0.05) is 36.4 Å². The molecule has 0 spiro atoms. The molecule has 0 saturated heterocycles. The van der Waals surface area contributed by atoms with Gasteiger partial charge in [-0.25, -0.2) is 9.07 Å². The Morgan fingerprint density at radius 2 is 1.67 bits per heavy atom. The standard InChI is InChI=1S/C31H24F4N4O3/c1-41-25-15-9-20(10-16-25)17-18-42-30-37-28(21-5-4-6-22(19-21)31(33,34)35)39(38-30)24-13-11-23(12-14-24)36-29(40)26-7-2-3-8-27(26)32/h2-16,19H,17-18H2,1H3,(H,36,40). The number of hydrogen-bond donors (Lipinski definition) is 1. The van der Waals surface area contributed by atoms with Crippen molar-refractivity contribution in [3.8, 4) is 28.8 Å². The Balaban J connectivity index is 1.40. The van der Waals surface area contributed by atoms with Crippen molar-refractivity contribution in [1.29, 1.82) is 0 Å². The number of nitrogens with one attached hydrogen (secondary N) is 1. The first-order valence-corrected chi connectivity index (χ1v) is 12.8. The summed E-state index contributed by atoms with van der Waals surface area (Å²) in [4.78, 5) is 16.9. The molecule has 4 aromatic carbocycles. The minimum absolute atomic E-state index is 0.0205. The molecule has 0 radical (unpaired) electrons. The fourth-order valence-electron chi connectivity index (χ4n) is 4.14. The number of benzene rings is 4. The lowest BCUT2D eigenvalue weighted by Crippen LogP contribution is -2.13. The Labute approximate surface area is 238 Å². The number of ether oxygens (including phenoxy) is 2. The summed E-state index contributed by atoms with van der Waals surface area (Å²) in [6, 6.07) is 24.1. The summed E-state index contributed by atoms with van der Waals surface area (Å²) >= 11 is 0. The van der Waals surface area contributed by atoms with Gasteiger partial charge in [0.05, 0.1) is 30.5 Å². The molecule has 5 aromatic rings. The molecule has 1 aromatic heterocycles. The number of methoxy groups -OCH3 is 1. The van der Waals surface area contributed by atoms with E-state index in [1.807, 2.05) is 24.3 Å². The Morgan fingerprint density at radius 3 is 2.36 bits per heavy atom. The maximum atomic E-state index is 14.0. The van der Waals surface area contributed by atoms with Gasteiger partial charge in [0.15, 0.2) is 5.82 Å². The summed E-state index contributed by atoms with van der Waals surface area (Å²) in [6.45, 7) is 0.222. The van der Waals surface area contributed by atoms with Crippen LogP contribution in [0.2, 0.25) is 0 Å². The largest absolute Gasteiger partial charge is 0.497 e. The van der Waals surface area contributed by atoms with E-state index in [0.29, 0.717) is 17.8 Å². The van der Waals surface area contributed by atoms with Gasteiger partial charge in [-0.15, -0.1) is 5.10 Å². The predicted octanol–water partition coefficient (Wildman–Crippen LogP) is 6.97. The number of rotatable bonds is 9. The molecular formula is C31H24F4N4O3. The highest BCUT2D eigenvalue weighted by molar-refractivity contribution is 6.04. The van der Waals surface area contributed by atoms with Gasteiger partial charge in [0, 0.05) is 17.7 Å². The Kier molecular flexibility index (Phi) is 8.19. The molecule has 7 nitrogen and oxygen atoms in total. The normalized spacial score (nSPS) is 11.3. The van der Waals surface area contributed by atoms with E-state index < -0.39 is 23.5 Å². The van der Waals surface area contributed by atoms with Crippen molar-refractivity contribution in [2.75, 3.05) is 19.0 Å². The first-order chi connectivity index (χ1) is 20.2. The van der Waals surface area contributed by atoms with Gasteiger partial charge in [0.25, 0.3) is 5.91 Å². The van der Waals surface area contributed by atoms with E-state index in [9.17, 15) is 22.4 Å². The second-order valence-electron chi connectivity index (χ2n) is 9.14. The van der Waals surface area contributed by atoms with Crippen LogP contribution in [0.3, 0.4) is 0 Å². The molecule has 0 unspecified atom stereocenters. The van der Waals surface area contributed by atoms with E-state index in [2.05, 4.69) is 15.4 Å². The molecule has 0 aliphatic rings. The molecule has 1 amide bonds. The second-order valence-corrected chi connectivity index (χ2v) is 9.14. The molecule has 1 N–H and O–H groups in total. The lowest BCUT2D eigenvalue weighted by molar-refractivity contribution is -0.137. The van der Waals surface area contributed by atoms with Crippen molar-refractivity contribution < 1.29 is 31.8 Å². The quantitative estimate of drug-likeness (QED) is 0.192. The third kappa shape index (κ3) is 6.57. The first kappa shape index (κ1) is 28.3. The van der Waals surface area contributed by atoms with E-state index in [1.165, 1.54) is 35.0 Å². The smallest absolute Gasteiger partial charge is 0.416 e. The van der Waals surface area contributed by atoms with Crippen molar-refractivity contribution >= 4 is 11.6 Å². The maximum Gasteiger partial charge on any atom is 0.416 e. The molecule has 11 heteroatoms. The fraction of sp³-hybridized carbons (Fsp3) is 0.129. The molecule has 42 heavy (non-hydrogen) atoms. The zero-order valence-electron chi connectivity index (χ0n) is 22.2. The molecule has 1 heterocycles. The number of amides is 1. The van der Waals surface area contributed by atoms with Gasteiger partial charge in [0.1, 0.15) is 11.6 Å². The highest BCUT2D eigenvalue weighted by atomic mass is 19.4. The van der Waals surface area contributed by atoms with Crippen molar-refractivity contribution in [2.45, 2.75) is 12.6 Å². The SMILES string of the molecule is COc1ccc(CCOc2nc(-c3cccc(C(F)(F)F)c3)n(-c3ccc(NC(=O)c4ccccc4F)cc3)n2)cc1. The van der Waals surface area contributed by atoms with Crippen molar-refractivity contribution in [3.63, 3.8) is 0 Å². The van der Waals surface area contributed by atoms with Gasteiger partial charge >= 0.3 is 12.2 Å². The minimum atomic E-state index is -4.55. The summed E-state index contributed by atoms with van der Waals surface area (Å²) in [5.74, 6) is -0.425. The number of anilines is 1. The van der Waals surface area contributed by atoms with E-state index in [-0.39, 0.29) is 29.6 Å². The van der Waals surface area contributed by atoms with E-state index in [0.717, 1.165) is 23.4 Å². The zero-order valence-corrected chi connectivity index (χ0v) is 22.2. The predicted molar refractivity (Wildman–Crippen MR) is 148 cm³/mol. The minimum Gasteiger partial charge on any atom is -0.497 e. The zero-order chi connectivity index (χ0) is 29.7. The summed E-state index contributed by atoms with van der Waals surface area (Å²) in [5, 5.41) is 7.02. The highest BCUT2D eigenvalue weighted by Gasteiger charge is 2.31. The number of alkyl halides is 3. The lowest BCUT2D eigenvalue weighted by atomic mass is 10.1. The molecule has 0 bridgehead atoms. The number of hydrogen-bond acceptors (Lipinski definition) is 5. The average molecular weight is 577 g/mol. The van der Waals surface area contributed by atoms with Crippen LogP contribution < -0.4 is 14.8 Å². The van der Waals surface area contributed by atoms with Crippen LogP contribution in [-0.4, -0.2) is 34.4 Å². The number of nitrogens with zero attached hydrogens (tertiary/aromatic N) is 3. The summed E-state index contributed by atoms with van der Waals surface area (Å²) in [7, 11) is 1.58. The number of carbonyl (C=O) groups excluding carboxylic acids is 1. The molecule has 214 valence electrons. The van der Waals surface area contributed by atoms with Crippen LogP contribution in [0.25, 0.3) is 17.1 Å². The monoisotopic (exact) mass is 576 g/mol. The van der Waals surface area contributed by atoms with E-state index in [1.54, 1.807) is 37.4 Å². The molecule has 0 aliphatic carbocycles. The topological polar surface area (TPSA) is 78.3 Å². The van der Waals surface area contributed by atoms with Crippen LogP contribution in [0.5, 0.6) is 11.8 Å². The van der Waals surface area contributed by atoms with Crippen molar-refractivity contribution in [1.82, 2.24) is 14.8 Å². The van der Waals surface area contributed by atoms with Gasteiger partial charge in [-0.2, -0.15) is 18.2 Å². The van der Waals surface area contributed by atoms with Crippen molar-refractivity contribution in [3.05, 3.63) is 120 Å². The summed E-state index contributed by atoms with van der Waals surface area (Å²) in [5.41, 5.74) is 1.05. The first-order valence-electron chi connectivity index (χ1n) is 12.8. The van der Waals surface area contributed by atoms with Crippen molar-refractivity contribution in [2.24, 2.45) is 0 Å². The van der Waals surface area contributed by atoms with E-state index >= 15 is 0 Å². The van der Waals surface area contributed by atoms with Crippen LogP contribution in [0.1, 0.15) is 21.5 Å². The molecule has 0 saturated carbocycles. The molecule has 0 aliphatic heterocycles. The Hall–Kier alpha value is -5.19. The van der Waals surface area contributed by atoms with Crippen LogP contribution in [0, 0.1) is 5.82 Å². The van der Waals surface area contributed by atoms with Gasteiger partial charge in [-0.3, -0.25) is 4.79 Å². The number of halogens is 4. The van der Waals surface area contributed by atoms with Gasteiger partial charge < -0.3 is 14.8 Å². The van der Waals surface area contributed by atoms with Crippen LogP contribution in [-0.2, 0) is 12.6 Å². The third-order valence-corrected chi connectivity index (χ3v) is 6.30. The molecule has 5 rings (SSSR count). The Bertz CT molecular complexity index is 1680. The van der Waals surface area contributed by atoms with E-state index in [4.69, 9.17) is 9.47 Å². The molecule has 0 atom stereocenters. The third-order valence-electron chi connectivity index (χ3n) is 6.30. The maximum absolute atomic E-state index is 14.0. The van der Waals surface area contributed by atoms with Gasteiger partial charge in [-0.05, 0) is 66.2 Å². The highest BCUT2D eigenvalue weighted by Crippen LogP contribution is 2.33. The second kappa shape index (κ2) is 12.1. The summed E-state index contributed by atoms with van der Waals surface area (Å²) in [6.07, 6.45) is -4.01. The van der Waals surface area contributed by atoms with Crippen LogP contribution in [0.4, 0.5) is 23.2 Å². The average Bonchev–Trinajstić information content (AvgIpc) is 3.42. The van der Waals surface area contributed by atoms with Crippen LogP contribution >= 0.6 is 0 Å².